The molecule has 2 saturated heterocycles. The molecule has 2 aliphatic heterocycles. The molecule has 13 heteroatoms. The van der Waals surface area contributed by atoms with Gasteiger partial charge in [-0.2, -0.15) is 5.26 Å². The van der Waals surface area contributed by atoms with Crippen molar-refractivity contribution in [3.63, 3.8) is 0 Å². The van der Waals surface area contributed by atoms with Gasteiger partial charge in [0, 0.05) is 44.6 Å². The Kier molecular flexibility index (Phi) is 9.70. The molecule has 0 bridgehead atoms. The molecule has 0 unspecified atom stereocenters. The summed E-state index contributed by atoms with van der Waals surface area (Å²) in [5.74, 6) is 1.52. The van der Waals surface area contributed by atoms with Crippen molar-refractivity contribution in [2.75, 3.05) is 77.8 Å². The van der Waals surface area contributed by atoms with Gasteiger partial charge in [-0.15, -0.1) is 0 Å². The van der Waals surface area contributed by atoms with E-state index in [2.05, 4.69) is 21.4 Å². The number of morpholine rings is 1. The second-order valence-electron chi connectivity index (χ2n) is 9.41. The Morgan fingerprint density at radius 1 is 1.07 bits per heavy atom. The molecule has 5 rings (SSSR count). The van der Waals surface area contributed by atoms with E-state index in [1.165, 1.54) is 6.20 Å². The number of ether oxygens (including phenoxy) is 5. The first-order valence-electron chi connectivity index (χ1n) is 13.4. The third-order valence-electron chi connectivity index (χ3n) is 6.61. The van der Waals surface area contributed by atoms with Gasteiger partial charge in [0.1, 0.15) is 36.9 Å². The molecule has 0 amide bonds. The van der Waals surface area contributed by atoms with Crippen molar-refractivity contribution in [1.82, 2.24) is 24.4 Å². The zero-order chi connectivity index (χ0) is 27.6. The summed E-state index contributed by atoms with van der Waals surface area (Å²) < 4.78 is 29.5. The highest BCUT2D eigenvalue weighted by atomic mass is 16.6. The molecule has 212 valence electrons. The molecule has 40 heavy (non-hydrogen) atoms. The molecule has 0 aromatic carbocycles. The van der Waals surface area contributed by atoms with Crippen molar-refractivity contribution in [2.45, 2.75) is 18.9 Å². The van der Waals surface area contributed by atoms with Gasteiger partial charge in [0.05, 0.1) is 38.5 Å². The lowest BCUT2D eigenvalue weighted by Crippen LogP contribution is -2.40. The highest BCUT2D eigenvalue weighted by Crippen LogP contribution is 2.29. The Bertz CT molecular complexity index is 1300. The van der Waals surface area contributed by atoms with E-state index in [0.29, 0.717) is 67.1 Å². The number of fused-ring (bicyclic) bond motifs is 1. The van der Waals surface area contributed by atoms with Crippen LogP contribution in [-0.4, -0.2) is 109 Å². The Morgan fingerprint density at radius 2 is 1.88 bits per heavy atom. The van der Waals surface area contributed by atoms with Crippen molar-refractivity contribution < 1.29 is 28.5 Å². The number of imidazole rings is 1. The van der Waals surface area contributed by atoms with Crippen LogP contribution in [0.2, 0.25) is 0 Å². The fourth-order valence-electron chi connectivity index (χ4n) is 4.45. The van der Waals surface area contributed by atoms with E-state index in [1.54, 1.807) is 23.0 Å². The normalized spacial score (nSPS) is 16.5. The second kappa shape index (κ2) is 14.0. The summed E-state index contributed by atoms with van der Waals surface area (Å²) in [5.41, 5.74) is 1.74. The molecule has 3 aromatic rings. The predicted octanol–water partition coefficient (Wildman–Crippen LogP) is 1.55. The topological polar surface area (TPSA) is 146 Å². The van der Waals surface area contributed by atoms with Crippen LogP contribution in [0.3, 0.4) is 0 Å². The van der Waals surface area contributed by atoms with Gasteiger partial charge in [-0.3, -0.25) is 14.3 Å². The van der Waals surface area contributed by atoms with Crippen LogP contribution in [0.15, 0.2) is 30.7 Å². The first-order valence-corrected chi connectivity index (χ1v) is 13.4. The van der Waals surface area contributed by atoms with Crippen LogP contribution in [0, 0.1) is 11.3 Å². The quantitative estimate of drug-likeness (QED) is 0.257. The number of anilines is 1. The SMILES string of the molecule is N#Cc1ccc(-n2cnc3cc(OCCOCCOC(=O)CN4CCOCC4)c(NC4CCOCC4)nc32)nc1. The maximum Gasteiger partial charge on any atom is 0.320 e. The van der Waals surface area contributed by atoms with Crippen LogP contribution in [0.25, 0.3) is 17.0 Å². The summed E-state index contributed by atoms with van der Waals surface area (Å²) in [5, 5.41) is 12.6. The molecular formula is C27H33N7O6. The average Bonchev–Trinajstić information content (AvgIpc) is 3.40. The fourth-order valence-corrected chi connectivity index (χ4v) is 4.45. The van der Waals surface area contributed by atoms with E-state index >= 15 is 0 Å². The van der Waals surface area contributed by atoms with Gasteiger partial charge in [0.15, 0.2) is 17.2 Å². The Hall–Kier alpha value is -3.83. The first kappa shape index (κ1) is 27.7. The molecule has 0 atom stereocenters. The smallest absolute Gasteiger partial charge is 0.320 e. The average molecular weight is 552 g/mol. The number of nitrogens with one attached hydrogen (secondary N) is 1. The van der Waals surface area contributed by atoms with Gasteiger partial charge < -0.3 is 29.0 Å². The van der Waals surface area contributed by atoms with Crippen LogP contribution >= 0.6 is 0 Å². The summed E-state index contributed by atoms with van der Waals surface area (Å²) >= 11 is 0. The number of esters is 1. The monoisotopic (exact) mass is 551 g/mol. The first-order chi connectivity index (χ1) is 19.7. The lowest BCUT2D eigenvalue weighted by molar-refractivity contribution is -0.147. The molecule has 3 aromatic heterocycles. The van der Waals surface area contributed by atoms with Crippen molar-refractivity contribution in [3.05, 3.63) is 36.3 Å². The standard InChI is InChI=1S/C27H33N7O6/c28-16-20-1-2-24(29-17-20)34-19-30-22-15-23(26(32-27(22)34)31-21-3-7-36-8-4-21)39-13-11-38-12-14-40-25(35)18-33-5-9-37-10-6-33/h1-2,15,17,19,21H,3-14,18H2,(H,31,32). The van der Waals surface area contributed by atoms with E-state index in [9.17, 15) is 4.79 Å². The molecule has 1 N–H and O–H groups in total. The van der Waals surface area contributed by atoms with E-state index in [4.69, 9.17) is 33.9 Å². The van der Waals surface area contributed by atoms with Gasteiger partial charge >= 0.3 is 5.97 Å². The number of hydrogen-bond acceptors (Lipinski definition) is 12. The number of rotatable bonds is 12. The van der Waals surface area contributed by atoms with Crippen LogP contribution in [0.4, 0.5) is 5.82 Å². The van der Waals surface area contributed by atoms with Gasteiger partial charge in [-0.1, -0.05) is 0 Å². The zero-order valence-corrected chi connectivity index (χ0v) is 22.3. The van der Waals surface area contributed by atoms with Crippen molar-refractivity contribution in [2.24, 2.45) is 0 Å². The van der Waals surface area contributed by atoms with Gasteiger partial charge in [-0.25, -0.2) is 15.0 Å². The highest BCUT2D eigenvalue weighted by molar-refractivity contribution is 5.78. The maximum atomic E-state index is 12.0. The number of nitriles is 1. The highest BCUT2D eigenvalue weighted by Gasteiger charge is 2.19. The molecule has 0 aliphatic carbocycles. The molecule has 13 nitrogen and oxygen atoms in total. The number of aromatic nitrogens is 4. The zero-order valence-electron chi connectivity index (χ0n) is 22.3. The van der Waals surface area contributed by atoms with E-state index in [-0.39, 0.29) is 38.4 Å². The summed E-state index contributed by atoms with van der Waals surface area (Å²) in [4.78, 5) is 27.7. The number of carbonyl (C=O) groups excluding carboxylic acids is 1. The minimum Gasteiger partial charge on any atom is -0.487 e. The van der Waals surface area contributed by atoms with Crippen molar-refractivity contribution in [3.8, 4) is 17.6 Å². The van der Waals surface area contributed by atoms with E-state index in [0.717, 1.165) is 25.9 Å². The second-order valence-corrected chi connectivity index (χ2v) is 9.41. The molecule has 0 spiro atoms. The van der Waals surface area contributed by atoms with Gasteiger partial charge in [0.25, 0.3) is 0 Å². The van der Waals surface area contributed by atoms with Crippen LogP contribution < -0.4 is 10.1 Å². The minimum atomic E-state index is -0.263. The minimum absolute atomic E-state index is 0.189. The van der Waals surface area contributed by atoms with Crippen LogP contribution in [0.5, 0.6) is 5.75 Å². The Labute approximate surface area is 232 Å². The van der Waals surface area contributed by atoms with E-state index in [1.807, 2.05) is 11.0 Å². The Balaban J connectivity index is 1.17. The molecular weight excluding hydrogens is 518 g/mol. The summed E-state index contributed by atoms with van der Waals surface area (Å²) in [7, 11) is 0. The number of pyridine rings is 2. The largest absolute Gasteiger partial charge is 0.487 e. The van der Waals surface area contributed by atoms with Crippen LogP contribution in [0.1, 0.15) is 18.4 Å². The molecule has 0 saturated carbocycles. The van der Waals surface area contributed by atoms with Gasteiger partial charge in [-0.05, 0) is 25.0 Å². The third-order valence-corrected chi connectivity index (χ3v) is 6.61. The van der Waals surface area contributed by atoms with Crippen molar-refractivity contribution in [1.29, 1.82) is 5.26 Å². The molecule has 0 radical (unpaired) electrons. The summed E-state index contributed by atoms with van der Waals surface area (Å²) in [6.45, 7) is 5.48. The lowest BCUT2D eigenvalue weighted by atomic mass is 10.1. The number of carbonyl (C=O) groups is 1. The third kappa shape index (κ3) is 7.42. The Morgan fingerprint density at radius 3 is 2.65 bits per heavy atom. The van der Waals surface area contributed by atoms with Crippen LogP contribution in [-0.2, 0) is 23.7 Å². The number of hydrogen-bond donors (Lipinski definition) is 1. The van der Waals surface area contributed by atoms with Crippen molar-refractivity contribution >= 4 is 23.0 Å². The molecule has 2 fully saturated rings. The van der Waals surface area contributed by atoms with E-state index < -0.39 is 0 Å². The fraction of sp³-hybridized carbons (Fsp3) is 0.519. The summed E-state index contributed by atoms with van der Waals surface area (Å²) in [6.07, 6.45) is 4.90. The number of nitrogens with zero attached hydrogens (tertiary/aromatic N) is 6. The predicted molar refractivity (Wildman–Crippen MR) is 143 cm³/mol. The molecule has 5 heterocycles. The maximum absolute atomic E-state index is 12.0. The lowest BCUT2D eigenvalue weighted by Gasteiger charge is -2.25. The molecule has 2 aliphatic rings. The van der Waals surface area contributed by atoms with Gasteiger partial charge in [0.2, 0.25) is 0 Å². The summed E-state index contributed by atoms with van der Waals surface area (Å²) in [6, 6.07) is 7.59.